The number of alkyl halides is 6. The maximum Gasteiger partial charge on any atom is 0.402 e. The Morgan fingerprint density at radius 3 is 2.14 bits per heavy atom. The van der Waals surface area contributed by atoms with Gasteiger partial charge in [-0.15, -0.1) is 0 Å². The first-order valence-electron chi connectivity index (χ1n) is 5.77. The number of rotatable bonds is 5. The number of aromatic nitrogens is 2. The average Bonchev–Trinajstić information content (AvgIpc) is 2.75. The van der Waals surface area contributed by atoms with Gasteiger partial charge in [-0.25, -0.2) is 0 Å². The second-order valence-electron chi connectivity index (χ2n) is 4.12. The van der Waals surface area contributed by atoms with Crippen LogP contribution >= 0.6 is 0 Å². The molecule has 0 aliphatic carbocycles. The van der Waals surface area contributed by atoms with Crippen LogP contribution in [0.3, 0.4) is 0 Å². The summed E-state index contributed by atoms with van der Waals surface area (Å²) in [5.74, 6) is 1.06. The lowest BCUT2D eigenvalue weighted by molar-refractivity contribution is -0.293. The Balaban J connectivity index is 3.43. The van der Waals surface area contributed by atoms with Gasteiger partial charge in [0.1, 0.15) is 0 Å². The number of aryl methyl sites for hydroxylation is 1. The van der Waals surface area contributed by atoms with Crippen LogP contribution < -0.4 is 16.0 Å². The summed E-state index contributed by atoms with van der Waals surface area (Å²) < 4.78 is 82.7. The summed E-state index contributed by atoms with van der Waals surface area (Å²) in [6.45, 7) is 1.57. The van der Waals surface area contributed by atoms with Crippen molar-refractivity contribution in [3.05, 3.63) is 11.9 Å². The largest absolute Gasteiger partial charge is 0.493 e. The summed E-state index contributed by atoms with van der Waals surface area (Å²) in [6, 6.07) is -2.28. The second kappa shape index (κ2) is 6.10. The van der Waals surface area contributed by atoms with Crippen molar-refractivity contribution in [2.45, 2.75) is 31.9 Å². The lowest BCUT2D eigenvalue weighted by Crippen LogP contribution is -2.48. The Bertz CT molecular complexity index is 434. The summed E-state index contributed by atoms with van der Waals surface area (Å²) in [5, 5.41) is 3.68. The van der Waals surface area contributed by atoms with Crippen molar-refractivity contribution in [2.24, 2.45) is 11.8 Å². The Hall–Kier alpha value is -1.49. The van der Waals surface area contributed by atoms with Crippen molar-refractivity contribution in [2.75, 3.05) is 7.11 Å². The van der Waals surface area contributed by atoms with Gasteiger partial charge in [-0.3, -0.25) is 16.0 Å². The zero-order valence-electron chi connectivity index (χ0n) is 11.1. The van der Waals surface area contributed by atoms with Gasteiger partial charge in [0.05, 0.1) is 25.0 Å². The summed E-state index contributed by atoms with van der Waals surface area (Å²) >= 11 is 0. The molecule has 122 valence electrons. The van der Waals surface area contributed by atoms with Gasteiger partial charge in [-0.05, 0) is 6.92 Å². The van der Waals surface area contributed by atoms with Crippen LogP contribution in [0.4, 0.5) is 26.3 Å². The van der Waals surface area contributed by atoms with Crippen LogP contribution in [0.2, 0.25) is 0 Å². The topological polar surface area (TPSA) is 65.1 Å². The highest BCUT2D eigenvalue weighted by atomic mass is 19.4. The van der Waals surface area contributed by atoms with E-state index in [0.717, 1.165) is 18.0 Å². The normalized spacial score (nSPS) is 14.6. The number of nitrogens with zero attached hydrogens (tertiary/aromatic N) is 2. The summed E-state index contributed by atoms with van der Waals surface area (Å²) in [6.07, 6.45) is -10.0. The summed E-state index contributed by atoms with van der Waals surface area (Å²) in [7, 11) is 1.12. The highest BCUT2D eigenvalue weighted by molar-refractivity contribution is 5.29. The van der Waals surface area contributed by atoms with Crippen LogP contribution in [0.1, 0.15) is 18.7 Å². The molecule has 0 fully saturated rings. The third-order valence-electron chi connectivity index (χ3n) is 2.88. The van der Waals surface area contributed by atoms with Gasteiger partial charge in [0.2, 0.25) is 0 Å². The van der Waals surface area contributed by atoms with Gasteiger partial charge in [0.25, 0.3) is 0 Å². The first kappa shape index (κ1) is 17.6. The molecule has 1 heterocycles. The Morgan fingerprint density at radius 1 is 1.29 bits per heavy atom. The van der Waals surface area contributed by atoms with Gasteiger partial charge in [-0.1, -0.05) is 0 Å². The van der Waals surface area contributed by atoms with Crippen molar-refractivity contribution < 1.29 is 31.1 Å². The first-order chi connectivity index (χ1) is 9.57. The van der Waals surface area contributed by atoms with Gasteiger partial charge in [-0.2, -0.15) is 31.4 Å². The van der Waals surface area contributed by atoms with E-state index in [2.05, 4.69) is 5.10 Å². The highest BCUT2D eigenvalue weighted by Crippen LogP contribution is 2.47. The molecule has 1 rings (SSSR count). The fourth-order valence-corrected chi connectivity index (χ4v) is 2.00. The number of nitrogens with one attached hydrogen (secondary N) is 1. The molecule has 0 saturated carbocycles. The predicted molar refractivity (Wildman–Crippen MR) is 60.1 cm³/mol. The van der Waals surface area contributed by atoms with E-state index < -0.39 is 30.0 Å². The fourth-order valence-electron chi connectivity index (χ4n) is 2.00. The van der Waals surface area contributed by atoms with E-state index in [-0.39, 0.29) is 12.3 Å². The van der Waals surface area contributed by atoms with Crippen LogP contribution in [-0.4, -0.2) is 29.2 Å². The van der Waals surface area contributed by atoms with Crippen molar-refractivity contribution in [3.63, 3.8) is 0 Å². The van der Waals surface area contributed by atoms with Gasteiger partial charge >= 0.3 is 12.4 Å². The number of methoxy groups -OCH3 is 1. The van der Waals surface area contributed by atoms with Crippen molar-refractivity contribution in [1.82, 2.24) is 15.2 Å². The molecular weight excluding hydrogens is 306 g/mol. The van der Waals surface area contributed by atoms with E-state index in [0.29, 0.717) is 0 Å². The van der Waals surface area contributed by atoms with E-state index in [9.17, 15) is 26.3 Å². The first-order valence-corrected chi connectivity index (χ1v) is 5.77. The third-order valence-corrected chi connectivity index (χ3v) is 2.88. The molecule has 5 nitrogen and oxygen atoms in total. The van der Waals surface area contributed by atoms with Crippen LogP contribution in [0, 0.1) is 5.92 Å². The van der Waals surface area contributed by atoms with Crippen LogP contribution in [0.25, 0.3) is 0 Å². The number of halogens is 6. The van der Waals surface area contributed by atoms with E-state index in [1.807, 2.05) is 0 Å². The lowest BCUT2D eigenvalue weighted by Gasteiger charge is -2.30. The molecule has 1 aromatic heterocycles. The fraction of sp³-hybridized carbons (Fsp3) is 0.700. The number of hydrogen-bond donors (Lipinski definition) is 2. The zero-order valence-corrected chi connectivity index (χ0v) is 11.1. The molecule has 21 heavy (non-hydrogen) atoms. The van der Waals surface area contributed by atoms with Crippen molar-refractivity contribution in [1.29, 1.82) is 0 Å². The maximum absolute atomic E-state index is 12.8. The molecule has 0 saturated heterocycles. The molecule has 1 unspecified atom stereocenters. The SMILES string of the molecule is CCn1ncc(OC)c1C(NN)C(C(F)(F)F)C(F)(F)F. The number of ether oxygens (including phenoxy) is 1. The summed E-state index contributed by atoms with van der Waals surface area (Å²) in [4.78, 5) is 0. The van der Waals surface area contributed by atoms with E-state index in [1.165, 1.54) is 6.92 Å². The molecule has 11 heteroatoms. The molecule has 1 atom stereocenters. The number of nitrogens with two attached hydrogens (primary N) is 1. The van der Waals surface area contributed by atoms with Crippen LogP contribution in [0.15, 0.2) is 6.20 Å². The maximum atomic E-state index is 12.8. The molecule has 0 aliphatic rings. The quantitative estimate of drug-likeness (QED) is 0.496. The molecule has 0 radical (unpaired) electrons. The Labute approximate surface area is 116 Å². The third kappa shape index (κ3) is 3.59. The molecule has 0 bridgehead atoms. The van der Waals surface area contributed by atoms with Crippen molar-refractivity contribution in [3.8, 4) is 5.75 Å². The second-order valence-corrected chi connectivity index (χ2v) is 4.12. The van der Waals surface area contributed by atoms with Crippen LogP contribution in [0.5, 0.6) is 5.75 Å². The highest BCUT2D eigenvalue weighted by Gasteiger charge is 2.61. The molecule has 0 spiro atoms. The molecule has 3 N–H and O–H groups in total. The molecule has 0 aliphatic heterocycles. The van der Waals surface area contributed by atoms with E-state index in [4.69, 9.17) is 10.6 Å². The number of hydrazine groups is 1. The molecule has 0 aromatic carbocycles. The lowest BCUT2D eigenvalue weighted by atomic mass is 9.95. The van der Waals surface area contributed by atoms with Crippen LogP contribution in [-0.2, 0) is 6.54 Å². The molecular formula is C10H14F6N4O. The standard InChI is InChI=1S/C10H14F6N4O/c1-3-20-7(5(21-2)4-18-20)6(19-17)8(9(11,12)13)10(14,15)16/h4,6,8,19H,3,17H2,1-2H3. The monoisotopic (exact) mass is 320 g/mol. The van der Waals surface area contributed by atoms with Gasteiger partial charge in [0, 0.05) is 6.54 Å². The predicted octanol–water partition coefficient (Wildman–Crippen LogP) is 2.16. The van der Waals surface area contributed by atoms with Crippen molar-refractivity contribution >= 4 is 0 Å². The smallest absolute Gasteiger partial charge is 0.402 e. The van der Waals surface area contributed by atoms with Gasteiger partial charge in [0.15, 0.2) is 11.7 Å². The van der Waals surface area contributed by atoms with E-state index >= 15 is 0 Å². The average molecular weight is 320 g/mol. The number of hydrogen-bond acceptors (Lipinski definition) is 4. The van der Waals surface area contributed by atoms with E-state index in [1.54, 1.807) is 5.43 Å². The van der Waals surface area contributed by atoms with Gasteiger partial charge < -0.3 is 4.74 Å². The Kier molecular flexibility index (Phi) is 5.10. The minimum absolute atomic E-state index is 0.0549. The minimum Gasteiger partial charge on any atom is -0.493 e. The minimum atomic E-state index is -5.54. The molecule has 0 amide bonds. The zero-order chi connectivity index (χ0) is 16.4. The Morgan fingerprint density at radius 2 is 1.81 bits per heavy atom. The summed E-state index contributed by atoms with van der Waals surface area (Å²) in [5.41, 5.74) is 1.17. The molecule has 1 aromatic rings.